The van der Waals surface area contributed by atoms with E-state index in [1.807, 2.05) is 0 Å². The van der Waals surface area contributed by atoms with Crippen LogP contribution in [0.1, 0.15) is 6.92 Å². The minimum Gasteiger partial charge on any atom is -0.481 e. The summed E-state index contributed by atoms with van der Waals surface area (Å²) >= 11 is 5.76. The summed E-state index contributed by atoms with van der Waals surface area (Å²) in [6.45, 7) is 1.62. The Morgan fingerprint density at radius 2 is 1.75 bits per heavy atom. The lowest BCUT2D eigenvalue weighted by atomic mass is 10.3. The minimum absolute atomic E-state index is 0.295. The molecule has 1 N–H and O–H groups in total. The van der Waals surface area contributed by atoms with Crippen LogP contribution in [-0.4, -0.2) is 12.0 Å². The monoisotopic (exact) mass is 293 g/mol. The van der Waals surface area contributed by atoms with E-state index in [1.54, 1.807) is 31.2 Å². The molecule has 0 fully saturated rings. The Hall–Kier alpha value is -2.07. The molecule has 2 rings (SSSR count). The van der Waals surface area contributed by atoms with Crippen molar-refractivity contribution in [2.75, 3.05) is 5.32 Å². The Morgan fingerprint density at radius 1 is 1.15 bits per heavy atom. The van der Waals surface area contributed by atoms with E-state index in [1.165, 1.54) is 24.3 Å². The van der Waals surface area contributed by atoms with Gasteiger partial charge in [0.1, 0.15) is 11.6 Å². The highest BCUT2D eigenvalue weighted by atomic mass is 35.5. The van der Waals surface area contributed by atoms with Crippen LogP contribution in [0.25, 0.3) is 0 Å². The molecule has 0 bridgehead atoms. The molecule has 1 unspecified atom stereocenters. The molecule has 0 aliphatic rings. The van der Waals surface area contributed by atoms with Gasteiger partial charge in [-0.05, 0) is 55.5 Å². The van der Waals surface area contributed by atoms with Gasteiger partial charge in [-0.3, -0.25) is 4.79 Å². The summed E-state index contributed by atoms with van der Waals surface area (Å²) in [5.74, 6) is -0.211. The first-order valence-corrected chi connectivity index (χ1v) is 6.41. The van der Waals surface area contributed by atoms with Crippen molar-refractivity contribution >= 4 is 23.2 Å². The van der Waals surface area contributed by atoms with Crippen LogP contribution in [0.2, 0.25) is 5.02 Å². The fourth-order valence-corrected chi connectivity index (χ4v) is 1.67. The molecule has 0 heterocycles. The van der Waals surface area contributed by atoms with Crippen LogP contribution in [0.3, 0.4) is 0 Å². The molecule has 20 heavy (non-hydrogen) atoms. The highest BCUT2D eigenvalue weighted by Gasteiger charge is 2.14. The lowest BCUT2D eigenvalue weighted by molar-refractivity contribution is -0.122. The van der Waals surface area contributed by atoms with E-state index in [0.29, 0.717) is 16.5 Å². The van der Waals surface area contributed by atoms with Crippen LogP contribution < -0.4 is 10.1 Å². The van der Waals surface area contributed by atoms with Gasteiger partial charge in [0.2, 0.25) is 0 Å². The third-order valence-corrected chi connectivity index (χ3v) is 2.86. The Kier molecular flexibility index (Phi) is 4.58. The molecule has 0 spiro atoms. The zero-order valence-electron chi connectivity index (χ0n) is 10.8. The van der Waals surface area contributed by atoms with Crippen LogP contribution in [0.15, 0.2) is 48.5 Å². The summed E-state index contributed by atoms with van der Waals surface area (Å²) in [4.78, 5) is 11.9. The van der Waals surface area contributed by atoms with Crippen LogP contribution in [0.4, 0.5) is 10.1 Å². The van der Waals surface area contributed by atoms with Crippen molar-refractivity contribution in [1.82, 2.24) is 0 Å². The Labute approximate surface area is 121 Å². The molecule has 0 aromatic heterocycles. The largest absolute Gasteiger partial charge is 0.481 e. The molecule has 0 saturated carbocycles. The second-order valence-electron chi connectivity index (χ2n) is 4.21. The molecule has 0 aliphatic heterocycles. The van der Waals surface area contributed by atoms with E-state index in [9.17, 15) is 9.18 Å². The molecule has 0 aliphatic carbocycles. The normalized spacial score (nSPS) is 11.8. The maximum absolute atomic E-state index is 12.8. The fourth-order valence-electron chi connectivity index (χ4n) is 1.55. The maximum Gasteiger partial charge on any atom is 0.265 e. The van der Waals surface area contributed by atoms with Crippen molar-refractivity contribution in [2.24, 2.45) is 0 Å². The van der Waals surface area contributed by atoms with Crippen molar-refractivity contribution in [2.45, 2.75) is 13.0 Å². The quantitative estimate of drug-likeness (QED) is 0.929. The molecule has 1 atom stereocenters. The molecule has 3 nitrogen and oxygen atoms in total. The highest BCUT2D eigenvalue weighted by Crippen LogP contribution is 2.16. The van der Waals surface area contributed by atoms with E-state index in [-0.39, 0.29) is 11.7 Å². The summed E-state index contributed by atoms with van der Waals surface area (Å²) in [7, 11) is 0. The number of rotatable bonds is 4. The van der Waals surface area contributed by atoms with E-state index < -0.39 is 6.10 Å². The van der Waals surface area contributed by atoms with Gasteiger partial charge in [0.05, 0.1) is 0 Å². The lowest BCUT2D eigenvalue weighted by Gasteiger charge is -2.14. The number of hydrogen-bond donors (Lipinski definition) is 1. The van der Waals surface area contributed by atoms with Gasteiger partial charge in [0.15, 0.2) is 6.10 Å². The number of nitrogens with one attached hydrogen (secondary N) is 1. The lowest BCUT2D eigenvalue weighted by Crippen LogP contribution is -2.30. The summed E-state index contributed by atoms with van der Waals surface area (Å²) < 4.78 is 18.2. The highest BCUT2D eigenvalue weighted by molar-refractivity contribution is 6.30. The average Bonchev–Trinajstić information content (AvgIpc) is 2.44. The molecular formula is C15H13ClFNO2. The number of ether oxygens (including phenoxy) is 1. The maximum atomic E-state index is 12.8. The van der Waals surface area contributed by atoms with Crippen molar-refractivity contribution < 1.29 is 13.9 Å². The molecule has 104 valence electrons. The average molecular weight is 294 g/mol. The van der Waals surface area contributed by atoms with E-state index in [0.717, 1.165) is 0 Å². The van der Waals surface area contributed by atoms with E-state index in [4.69, 9.17) is 16.3 Å². The van der Waals surface area contributed by atoms with Gasteiger partial charge in [0, 0.05) is 10.7 Å². The van der Waals surface area contributed by atoms with Gasteiger partial charge < -0.3 is 10.1 Å². The standard InChI is InChI=1S/C15H13ClFNO2/c1-10(20-14-8-4-12(17)5-9-14)15(19)18-13-6-2-11(16)3-7-13/h2-10H,1H3,(H,18,19). The SMILES string of the molecule is CC(Oc1ccc(F)cc1)C(=O)Nc1ccc(Cl)cc1. The van der Waals surface area contributed by atoms with E-state index in [2.05, 4.69) is 5.32 Å². The number of halogens is 2. The smallest absolute Gasteiger partial charge is 0.265 e. The first kappa shape index (κ1) is 14.3. The van der Waals surface area contributed by atoms with E-state index >= 15 is 0 Å². The molecule has 5 heteroatoms. The zero-order valence-corrected chi connectivity index (χ0v) is 11.5. The fraction of sp³-hybridized carbons (Fsp3) is 0.133. The molecule has 2 aromatic carbocycles. The molecular weight excluding hydrogens is 281 g/mol. The third kappa shape index (κ3) is 3.96. The number of benzene rings is 2. The van der Waals surface area contributed by atoms with Gasteiger partial charge >= 0.3 is 0 Å². The van der Waals surface area contributed by atoms with Crippen molar-refractivity contribution in [3.05, 3.63) is 59.4 Å². The van der Waals surface area contributed by atoms with Gasteiger partial charge in [-0.25, -0.2) is 4.39 Å². The van der Waals surface area contributed by atoms with Gasteiger partial charge in [-0.2, -0.15) is 0 Å². The Balaban J connectivity index is 1.94. The van der Waals surface area contributed by atoms with Crippen molar-refractivity contribution in [3.8, 4) is 5.75 Å². The first-order chi connectivity index (χ1) is 9.54. The topological polar surface area (TPSA) is 38.3 Å². The second-order valence-corrected chi connectivity index (χ2v) is 4.65. The Morgan fingerprint density at radius 3 is 2.35 bits per heavy atom. The minimum atomic E-state index is -0.698. The summed E-state index contributed by atoms with van der Waals surface area (Å²) in [6, 6.07) is 12.3. The predicted octanol–water partition coefficient (Wildman–Crippen LogP) is 3.89. The van der Waals surface area contributed by atoms with Crippen LogP contribution >= 0.6 is 11.6 Å². The third-order valence-electron chi connectivity index (χ3n) is 2.61. The van der Waals surface area contributed by atoms with Crippen LogP contribution in [-0.2, 0) is 4.79 Å². The number of carbonyl (C=O) groups is 1. The van der Waals surface area contributed by atoms with Gasteiger partial charge in [-0.15, -0.1) is 0 Å². The van der Waals surface area contributed by atoms with Gasteiger partial charge in [-0.1, -0.05) is 11.6 Å². The first-order valence-electron chi connectivity index (χ1n) is 6.03. The number of anilines is 1. The second kappa shape index (κ2) is 6.39. The van der Waals surface area contributed by atoms with Crippen molar-refractivity contribution in [3.63, 3.8) is 0 Å². The molecule has 1 amide bonds. The molecule has 0 saturated heterocycles. The Bertz CT molecular complexity index is 584. The number of hydrogen-bond acceptors (Lipinski definition) is 2. The number of amides is 1. The molecule has 0 radical (unpaired) electrons. The summed E-state index contributed by atoms with van der Waals surface area (Å²) in [5.41, 5.74) is 0.633. The summed E-state index contributed by atoms with van der Waals surface area (Å²) in [5, 5.41) is 3.30. The zero-order chi connectivity index (χ0) is 14.5. The van der Waals surface area contributed by atoms with Crippen molar-refractivity contribution in [1.29, 1.82) is 0 Å². The summed E-state index contributed by atoms with van der Waals surface area (Å²) in [6.07, 6.45) is -0.698. The number of carbonyl (C=O) groups excluding carboxylic acids is 1. The predicted molar refractivity (Wildman–Crippen MR) is 76.6 cm³/mol. The van der Waals surface area contributed by atoms with Gasteiger partial charge in [0.25, 0.3) is 5.91 Å². The molecule has 2 aromatic rings. The van der Waals surface area contributed by atoms with Crippen LogP contribution in [0, 0.1) is 5.82 Å². The van der Waals surface area contributed by atoms with Crippen LogP contribution in [0.5, 0.6) is 5.75 Å².